The third-order valence-corrected chi connectivity index (χ3v) is 5.68. The largest absolute Gasteiger partial charge is 0.500 e. The standard InChI is InChI=1S/C25H31ClN2O4/c1-15-10-19(28-14-18(26)13-27-28)11-16(2)22(15)23-20(29)12-17(24(23)31-6)8-7-9-21(30)32-25(3,4)5/h10-11,13-14,17H,7-9,12H2,1-6H3. The van der Waals surface area contributed by atoms with E-state index in [0.29, 0.717) is 42.0 Å². The molecule has 172 valence electrons. The van der Waals surface area contributed by atoms with E-state index in [9.17, 15) is 9.59 Å². The summed E-state index contributed by atoms with van der Waals surface area (Å²) in [6.45, 7) is 9.54. The van der Waals surface area contributed by atoms with Crippen molar-refractivity contribution in [3.05, 3.63) is 52.0 Å². The van der Waals surface area contributed by atoms with Gasteiger partial charge in [0.15, 0.2) is 5.78 Å². The second-order valence-electron chi connectivity index (χ2n) is 9.30. The molecule has 1 heterocycles. The monoisotopic (exact) mass is 458 g/mol. The van der Waals surface area contributed by atoms with Crippen LogP contribution in [0.3, 0.4) is 0 Å². The molecule has 0 saturated heterocycles. The van der Waals surface area contributed by atoms with Gasteiger partial charge >= 0.3 is 5.97 Å². The molecular weight excluding hydrogens is 428 g/mol. The minimum atomic E-state index is -0.492. The zero-order valence-electron chi connectivity index (χ0n) is 19.6. The molecule has 0 radical (unpaired) electrons. The summed E-state index contributed by atoms with van der Waals surface area (Å²) in [7, 11) is 1.61. The van der Waals surface area contributed by atoms with Crippen molar-refractivity contribution >= 4 is 28.9 Å². The number of esters is 1. The van der Waals surface area contributed by atoms with Crippen molar-refractivity contribution in [2.75, 3.05) is 7.11 Å². The maximum absolute atomic E-state index is 13.0. The van der Waals surface area contributed by atoms with E-state index in [1.165, 1.54) is 0 Å². The Bertz CT molecular complexity index is 1040. The number of allylic oxidation sites excluding steroid dienone is 2. The molecule has 1 aromatic carbocycles. The highest BCUT2D eigenvalue weighted by molar-refractivity contribution is 6.30. The Morgan fingerprint density at radius 2 is 1.91 bits per heavy atom. The van der Waals surface area contributed by atoms with Gasteiger partial charge in [-0.2, -0.15) is 5.10 Å². The number of benzene rings is 1. The van der Waals surface area contributed by atoms with Crippen LogP contribution in [0.1, 0.15) is 63.1 Å². The number of rotatable bonds is 7. The van der Waals surface area contributed by atoms with Gasteiger partial charge in [0.05, 0.1) is 29.6 Å². The zero-order valence-corrected chi connectivity index (χ0v) is 20.4. The quantitative estimate of drug-likeness (QED) is 0.505. The summed E-state index contributed by atoms with van der Waals surface area (Å²) in [4.78, 5) is 25.1. The molecule has 1 unspecified atom stereocenters. The molecule has 0 bridgehead atoms. The van der Waals surface area contributed by atoms with E-state index in [4.69, 9.17) is 21.1 Å². The van der Waals surface area contributed by atoms with Crippen molar-refractivity contribution in [1.29, 1.82) is 0 Å². The van der Waals surface area contributed by atoms with Crippen LogP contribution in [0.5, 0.6) is 0 Å². The number of hydrogen-bond donors (Lipinski definition) is 0. The summed E-state index contributed by atoms with van der Waals surface area (Å²) in [6, 6.07) is 3.99. The molecule has 0 fully saturated rings. The Kier molecular flexibility index (Phi) is 7.13. The summed E-state index contributed by atoms with van der Waals surface area (Å²) >= 11 is 6.01. The minimum Gasteiger partial charge on any atom is -0.500 e. The second kappa shape index (κ2) is 9.49. The first-order valence-corrected chi connectivity index (χ1v) is 11.2. The first kappa shape index (κ1) is 24.1. The Balaban J connectivity index is 1.83. The highest BCUT2D eigenvalue weighted by Gasteiger charge is 2.35. The predicted octanol–water partition coefficient (Wildman–Crippen LogP) is 5.60. The fourth-order valence-electron chi connectivity index (χ4n) is 4.32. The van der Waals surface area contributed by atoms with E-state index in [2.05, 4.69) is 5.10 Å². The molecular formula is C25H31ClN2O4. The molecule has 3 rings (SSSR count). The van der Waals surface area contributed by atoms with Gasteiger partial charge in [-0.15, -0.1) is 0 Å². The molecule has 0 N–H and O–H groups in total. The van der Waals surface area contributed by atoms with Crippen LogP contribution < -0.4 is 0 Å². The van der Waals surface area contributed by atoms with Crippen LogP contribution in [0.2, 0.25) is 5.02 Å². The molecule has 0 spiro atoms. The SMILES string of the molecule is COC1=C(c2c(C)cc(-n3cc(Cl)cn3)cc2C)C(=O)CC1CCCC(=O)OC(C)(C)C. The predicted molar refractivity (Wildman–Crippen MR) is 125 cm³/mol. The van der Waals surface area contributed by atoms with Gasteiger partial charge in [0.2, 0.25) is 0 Å². The van der Waals surface area contributed by atoms with Crippen LogP contribution >= 0.6 is 11.6 Å². The van der Waals surface area contributed by atoms with Gasteiger partial charge in [0.1, 0.15) is 11.4 Å². The molecule has 2 aromatic rings. The minimum absolute atomic E-state index is 0.0339. The van der Waals surface area contributed by atoms with Gasteiger partial charge in [-0.1, -0.05) is 11.6 Å². The van der Waals surface area contributed by atoms with Crippen molar-refractivity contribution < 1.29 is 19.1 Å². The highest BCUT2D eigenvalue weighted by atomic mass is 35.5. The molecule has 1 atom stereocenters. The van der Waals surface area contributed by atoms with Crippen LogP contribution in [0.25, 0.3) is 11.3 Å². The molecule has 1 aliphatic carbocycles. The second-order valence-corrected chi connectivity index (χ2v) is 9.74. The number of ether oxygens (including phenoxy) is 2. The fraction of sp³-hybridized carbons (Fsp3) is 0.480. The molecule has 0 amide bonds. The molecule has 0 aliphatic heterocycles. The van der Waals surface area contributed by atoms with Crippen molar-refractivity contribution in [2.24, 2.45) is 5.92 Å². The number of aryl methyl sites for hydroxylation is 2. The first-order valence-electron chi connectivity index (χ1n) is 10.9. The maximum Gasteiger partial charge on any atom is 0.306 e. The van der Waals surface area contributed by atoms with Gasteiger partial charge in [-0.3, -0.25) is 9.59 Å². The molecule has 1 aromatic heterocycles. The Morgan fingerprint density at radius 1 is 1.25 bits per heavy atom. The lowest BCUT2D eigenvalue weighted by molar-refractivity contribution is -0.154. The summed E-state index contributed by atoms with van der Waals surface area (Å²) < 4.78 is 12.8. The summed E-state index contributed by atoms with van der Waals surface area (Å²) in [6.07, 6.45) is 5.39. The van der Waals surface area contributed by atoms with Gasteiger partial charge in [0.25, 0.3) is 0 Å². The first-order chi connectivity index (χ1) is 15.0. The zero-order chi connectivity index (χ0) is 23.6. The van der Waals surface area contributed by atoms with Gasteiger partial charge in [-0.05, 0) is 76.3 Å². The number of carbonyl (C=O) groups is 2. The average Bonchev–Trinajstić information content (AvgIpc) is 3.23. The van der Waals surface area contributed by atoms with E-state index in [-0.39, 0.29) is 17.7 Å². The normalized spacial score (nSPS) is 16.6. The Hall–Kier alpha value is -2.60. The Labute approximate surface area is 194 Å². The molecule has 0 saturated carbocycles. The van der Waals surface area contributed by atoms with Crippen molar-refractivity contribution in [2.45, 2.75) is 65.9 Å². The van der Waals surface area contributed by atoms with Gasteiger partial charge in [0, 0.05) is 25.0 Å². The fourth-order valence-corrected chi connectivity index (χ4v) is 4.46. The maximum atomic E-state index is 13.0. The van der Waals surface area contributed by atoms with Crippen LogP contribution in [-0.4, -0.2) is 34.2 Å². The number of aromatic nitrogens is 2. The number of hydrogen-bond acceptors (Lipinski definition) is 5. The van der Waals surface area contributed by atoms with E-state index >= 15 is 0 Å². The van der Waals surface area contributed by atoms with Crippen LogP contribution in [0.15, 0.2) is 30.3 Å². The number of methoxy groups -OCH3 is 1. The van der Waals surface area contributed by atoms with E-state index in [1.54, 1.807) is 24.2 Å². The van der Waals surface area contributed by atoms with Gasteiger partial charge in [-0.25, -0.2) is 4.68 Å². The topological polar surface area (TPSA) is 70.4 Å². The Morgan fingerprint density at radius 3 is 2.44 bits per heavy atom. The molecule has 6 nitrogen and oxygen atoms in total. The molecule has 32 heavy (non-hydrogen) atoms. The number of nitrogens with zero attached hydrogens (tertiary/aromatic N) is 2. The lowest BCUT2D eigenvalue weighted by atomic mass is 9.93. The molecule has 1 aliphatic rings. The number of Topliss-reactive ketones (excluding diaryl/α,β-unsaturated/α-hetero) is 1. The lowest BCUT2D eigenvalue weighted by Crippen LogP contribution is -2.23. The summed E-state index contributed by atoms with van der Waals surface area (Å²) in [5, 5.41) is 4.83. The lowest BCUT2D eigenvalue weighted by Gasteiger charge is -2.20. The van der Waals surface area contributed by atoms with Crippen LogP contribution in [0.4, 0.5) is 0 Å². The molecule has 7 heteroatoms. The third-order valence-electron chi connectivity index (χ3n) is 5.48. The number of halogens is 1. The van der Waals surface area contributed by atoms with E-state index in [1.807, 2.05) is 46.8 Å². The van der Waals surface area contributed by atoms with Crippen molar-refractivity contribution in [1.82, 2.24) is 9.78 Å². The van der Waals surface area contributed by atoms with Crippen molar-refractivity contribution in [3.63, 3.8) is 0 Å². The average molecular weight is 459 g/mol. The highest BCUT2D eigenvalue weighted by Crippen LogP contribution is 2.41. The van der Waals surface area contributed by atoms with Crippen LogP contribution in [0, 0.1) is 19.8 Å². The number of carbonyl (C=O) groups excluding carboxylic acids is 2. The van der Waals surface area contributed by atoms with Crippen LogP contribution in [-0.2, 0) is 19.1 Å². The van der Waals surface area contributed by atoms with Crippen molar-refractivity contribution in [3.8, 4) is 5.69 Å². The van der Waals surface area contributed by atoms with E-state index < -0.39 is 5.60 Å². The summed E-state index contributed by atoms with van der Waals surface area (Å²) in [5.41, 5.74) is 3.89. The number of ketones is 1. The van der Waals surface area contributed by atoms with E-state index in [0.717, 1.165) is 22.4 Å². The summed E-state index contributed by atoms with van der Waals surface area (Å²) in [5.74, 6) is 0.532. The third kappa shape index (κ3) is 5.41. The smallest absolute Gasteiger partial charge is 0.306 e. The van der Waals surface area contributed by atoms with Gasteiger partial charge < -0.3 is 9.47 Å².